The van der Waals surface area contributed by atoms with Crippen molar-refractivity contribution in [1.29, 1.82) is 0 Å². The van der Waals surface area contributed by atoms with Gasteiger partial charge in [-0.05, 0) is 18.1 Å². The van der Waals surface area contributed by atoms with Gasteiger partial charge < -0.3 is 15.7 Å². The van der Waals surface area contributed by atoms with Crippen LogP contribution in [0.1, 0.15) is 26.7 Å². The van der Waals surface area contributed by atoms with Gasteiger partial charge in [0.1, 0.15) is 6.04 Å². The Morgan fingerprint density at radius 3 is 2.39 bits per heavy atom. The van der Waals surface area contributed by atoms with Crippen LogP contribution in [0.2, 0.25) is 0 Å². The zero-order valence-corrected chi connectivity index (χ0v) is 13.1. The predicted molar refractivity (Wildman–Crippen MR) is 85.2 cm³/mol. The Morgan fingerprint density at radius 2 is 1.91 bits per heavy atom. The third kappa shape index (κ3) is 6.03. The molecule has 0 aliphatic carbocycles. The number of hydrogen-bond donors (Lipinski definition) is 3. The molecule has 0 heterocycles. The molecule has 0 unspecified atom stereocenters. The SMILES string of the molecule is CC[C@H](C)[C@H](NCCC(=O)Nc1ccc([N+](=O)[O-])cc1)C(=O)O. The van der Waals surface area contributed by atoms with Crippen molar-refractivity contribution >= 4 is 23.3 Å². The van der Waals surface area contributed by atoms with E-state index in [-0.39, 0.29) is 30.5 Å². The number of aliphatic carboxylic acids is 1. The number of amides is 1. The van der Waals surface area contributed by atoms with E-state index >= 15 is 0 Å². The van der Waals surface area contributed by atoms with E-state index in [1.54, 1.807) is 0 Å². The van der Waals surface area contributed by atoms with Gasteiger partial charge in [-0.1, -0.05) is 20.3 Å². The van der Waals surface area contributed by atoms with Crippen molar-refractivity contribution < 1.29 is 19.6 Å². The molecular weight excluding hydrogens is 302 g/mol. The second kappa shape index (κ2) is 8.84. The van der Waals surface area contributed by atoms with E-state index in [9.17, 15) is 19.7 Å². The lowest BCUT2D eigenvalue weighted by atomic mass is 9.99. The van der Waals surface area contributed by atoms with E-state index in [4.69, 9.17) is 5.11 Å². The van der Waals surface area contributed by atoms with Crippen molar-refractivity contribution in [2.45, 2.75) is 32.7 Å². The largest absolute Gasteiger partial charge is 0.480 e. The molecule has 1 aromatic rings. The molecule has 0 aliphatic heterocycles. The van der Waals surface area contributed by atoms with Crippen LogP contribution in [0.15, 0.2) is 24.3 Å². The third-order valence-electron chi connectivity index (χ3n) is 3.56. The molecule has 0 saturated heterocycles. The van der Waals surface area contributed by atoms with Gasteiger partial charge in [-0.15, -0.1) is 0 Å². The molecule has 3 N–H and O–H groups in total. The highest BCUT2D eigenvalue weighted by atomic mass is 16.6. The fourth-order valence-electron chi connectivity index (χ4n) is 2.00. The van der Waals surface area contributed by atoms with Gasteiger partial charge in [0.05, 0.1) is 4.92 Å². The van der Waals surface area contributed by atoms with E-state index in [2.05, 4.69) is 10.6 Å². The summed E-state index contributed by atoms with van der Waals surface area (Å²) in [6.07, 6.45) is 0.830. The summed E-state index contributed by atoms with van der Waals surface area (Å²) in [5.41, 5.74) is 0.403. The van der Waals surface area contributed by atoms with Crippen LogP contribution in [0.25, 0.3) is 0 Å². The van der Waals surface area contributed by atoms with Crippen LogP contribution in [0.4, 0.5) is 11.4 Å². The first-order chi connectivity index (χ1) is 10.8. The summed E-state index contributed by atoms with van der Waals surface area (Å²) in [5, 5.41) is 25.1. The Morgan fingerprint density at radius 1 is 1.30 bits per heavy atom. The molecule has 1 rings (SSSR count). The lowest BCUT2D eigenvalue weighted by molar-refractivity contribution is -0.384. The van der Waals surface area contributed by atoms with Crippen LogP contribution in [-0.2, 0) is 9.59 Å². The highest BCUT2D eigenvalue weighted by Crippen LogP contribution is 2.15. The van der Waals surface area contributed by atoms with Gasteiger partial charge in [0.15, 0.2) is 0 Å². The normalized spacial score (nSPS) is 13.1. The maximum atomic E-state index is 11.8. The quantitative estimate of drug-likeness (QED) is 0.472. The van der Waals surface area contributed by atoms with Gasteiger partial charge in [0, 0.05) is 30.8 Å². The molecule has 0 bridgehead atoms. The summed E-state index contributed by atoms with van der Waals surface area (Å²) in [7, 11) is 0. The van der Waals surface area contributed by atoms with Crippen LogP contribution in [0, 0.1) is 16.0 Å². The summed E-state index contributed by atoms with van der Waals surface area (Å²) < 4.78 is 0. The minimum absolute atomic E-state index is 0.0368. The van der Waals surface area contributed by atoms with E-state index in [1.807, 2.05) is 13.8 Å². The second-order valence-electron chi connectivity index (χ2n) is 5.26. The van der Waals surface area contributed by atoms with Crippen molar-refractivity contribution in [1.82, 2.24) is 5.32 Å². The van der Waals surface area contributed by atoms with Gasteiger partial charge in [0.2, 0.25) is 5.91 Å². The molecule has 0 radical (unpaired) electrons. The number of carboxylic acids is 1. The summed E-state index contributed by atoms with van der Waals surface area (Å²) in [4.78, 5) is 32.9. The standard InChI is InChI=1S/C15H21N3O5/c1-3-10(2)14(15(20)21)16-9-8-13(19)17-11-4-6-12(7-5-11)18(22)23/h4-7,10,14,16H,3,8-9H2,1-2H3,(H,17,19)(H,20,21)/t10-,14-/m0/s1. The van der Waals surface area contributed by atoms with Gasteiger partial charge in [-0.25, -0.2) is 0 Å². The maximum Gasteiger partial charge on any atom is 0.320 e. The number of non-ortho nitro benzene ring substituents is 1. The minimum atomic E-state index is -0.935. The highest BCUT2D eigenvalue weighted by molar-refractivity contribution is 5.90. The molecule has 1 amide bonds. The molecule has 0 spiro atoms. The number of nitrogens with one attached hydrogen (secondary N) is 2. The number of hydrogen-bond acceptors (Lipinski definition) is 5. The monoisotopic (exact) mass is 323 g/mol. The molecule has 8 nitrogen and oxygen atoms in total. The number of carbonyl (C=O) groups excluding carboxylic acids is 1. The van der Waals surface area contributed by atoms with Gasteiger partial charge in [0.25, 0.3) is 5.69 Å². The predicted octanol–water partition coefficient (Wildman–Crippen LogP) is 2.01. The van der Waals surface area contributed by atoms with Gasteiger partial charge in [-0.3, -0.25) is 19.7 Å². The van der Waals surface area contributed by atoms with Gasteiger partial charge >= 0.3 is 5.97 Å². The molecule has 0 saturated carbocycles. The van der Waals surface area contributed by atoms with Crippen LogP contribution < -0.4 is 10.6 Å². The van der Waals surface area contributed by atoms with Crippen LogP contribution in [-0.4, -0.2) is 34.5 Å². The average molecular weight is 323 g/mol. The fraction of sp³-hybridized carbons (Fsp3) is 0.467. The van der Waals surface area contributed by atoms with Crippen LogP contribution in [0.5, 0.6) is 0 Å². The Hall–Kier alpha value is -2.48. The maximum absolute atomic E-state index is 11.8. The lowest BCUT2D eigenvalue weighted by Crippen LogP contribution is -2.42. The van der Waals surface area contributed by atoms with Crippen LogP contribution >= 0.6 is 0 Å². The van der Waals surface area contributed by atoms with Crippen molar-refractivity contribution in [2.75, 3.05) is 11.9 Å². The third-order valence-corrected chi connectivity index (χ3v) is 3.56. The Labute approximate surface area is 134 Å². The fourth-order valence-corrected chi connectivity index (χ4v) is 2.00. The Kier molecular flexibility index (Phi) is 7.14. The number of carbonyl (C=O) groups is 2. The first kappa shape index (κ1) is 18.6. The molecule has 23 heavy (non-hydrogen) atoms. The number of nitro groups is 1. The summed E-state index contributed by atoms with van der Waals surface area (Å²) in [6.45, 7) is 3.98. The minimum Gasteiger partial charge on any atom is -0.480 e. The number of rotatable bonds is 9. The van der Waals surface area contributed by atoms with Crippen molar-refractivity contribution in [3.63, 3.8) is 0 Å². The van der Waals surface area contributed by atoms with E-state index in [1.165, 1.54) is 24.3 Å². The zero-order chi connectivity index (χ0) is 17.4. The molecular formula is C15H21N3O5. The number of nitrogens with zero attached hydrogens (tertiary/aromatic N) is 1. The number of benzene rings is 1. The average Bonchev–Trinajstić information content (AvgIpc) is 2.51. The van der Waals surface area contributed by atoms with E-state index < -0.39 is 16.9 Å². The number of carboxylic acid groups (broad SMARTS) is 1. The Bertz CT molecular complexity index is 559. The second-order valence-corrected chi connectivity index (χ2v) is 5.26. The molecule has 2 atom stereocenters. The number of nitro benzene ring substituents is 1. The van der Waals surface area contributed by atoms with E-state index in [0.29, 0.717) is 5.69 Å². The smallest absolute Gasteiger partial charge is 0.320 e. The molecule has 1 aromatic carbocycles. The lowest BCUT2D eigenvalue weighted by Gasteiger charge is -2.19. The number of anilines is 1. The van der Waals surface area contributed by atoms with Crippen LogP contribution in [0.3, 0.4) is 0 Å². The highest BCUT2D eigenvalue weighted by Gasteiger charge is 2.22. The first-order valence-corrected chi connectivity index (χ1v) is 7.35. The van der Waals surface area contributed by atoms with Crippen molar-refractivity contribution in [3.8, 4) is 0 Å². The van der Waals surface area contributed by atoms with Gasteiger partial charge in [-0.2, -0.15) is 0 Å². The summed E-state index contributed by atoms with van der Waals surface area (Å²) in [5.74, 6) is -1.26. The summed E-state index contributed by atoms with van der Waals surface area (Å²) >= 11 is 0. The zero-order valence-electron chi connectivity index (χ0n) is 13.1. The first-order valence-electron chi connectivity index (χ1n) is 7.35. The Balaban J connectivity index is 2.44. The van der Waals surface area contributed by atoms with Crippen molar-refractivity contribution in [3.05, 3.63) is 34.4 Å². The topological polar surface area (TPSA) is 122 Å². The molecule has 0 aromatic heterocycles. The van der Waals surface area contributed by atoms with Crippen molar-refractivity contribution in [2.24, 2.45) is 5.92 Å². The molecule has 0 aliphatic rings. The summed E-state index contributed by atoms with van der Waals surface area (Å²) in [6, 6.07) is 4.81. The molecule has 126 valence electrons. The molecule has 8 heteroatoms. The molecule has 0 fully saturated rings. The van der Waals surface area contributed by atoms with E-state index in [0.717, 1.165) is 6.42 Å².